The van der Waals surface area contributed by atoms with Crippen LogP contribution in [0.4, 0.5) is 0 Å². The van der Waals surface area contributed by atoms with Crippen molar-refractivity contribution in [1.82, 2.24) is 10.2 Å². The van der Waals surface area contributed by atoms with Crippen LogP contribution in [0.25, 0.3) is 10.9 Å². The molecular weight excluding hydrogens is 176 g/mol. The molecule has 2 N–H and O–H groups in total. The van der Waals surface area contributed by atoms with Crippen LogP contribution in [0.15, 0.2) is 23.0 Å². The van der Waals surface area contributed by atoms with E-state index in [1.165, 1.54) is 5.56 Å². The van der Waals surface area contributed by atoms with Gasteiger partial charge in [0.05, 0.1) is 10.9 Å². The third-order valence-electron chi connectivity index (χ3n) is 2.44. The summed E-state index contributed by atoms with van der Waals surface area (Å²) in [6, 6.07) is 5.89. The average Bonchev–Trinajstić information content (AvgIpc) is 2.46. The monoisotopic (exact) mass is 190 g/mol. The topological polar surface area (TPSA) is 48.6 Å². The highest BCUT2D eigenvalue weighted by atomic mass is 16.1. The first-order chi connectivity index (χ1) is 6.48. The fourth-order valence-electron chi connectivity index (χ4n) is 1.50. The molecular formula is C11H14N2O. The SMILES string of the molecule is CC(C)(C)c1ccc2c(=O)[nH][nH]c2c1. The minimum absolute atomic E-state index is 0.0551. The van der Waals surface area contributed by atoms with E-state index in [9.17, 15) is 4.79 Å². The summed E-state index contributed by atoms with van der Waals surface area (Å²) in [7, 11) is 0. The predicted octanol–water partition coefficient (Wildman–Crippen LogP) is 2.15. The molecule has 0 fully saturated rings. The van der Waals surface area contributed by atoms with Gasteiger partial charge in [-0.1, -0.05) is 26.8 Å². The molecule has 74 valence electrons. The summed E-state index contributed by atoms with van der Waals surface area (Å²) < 4.78 is 0. The van der Waals surface area contributed by atoms with E-state index in [1.807, 2.05) is 18.2 Å². The van der Waals surface area contributed by atoms with Crippen molar-refractivity contribution in [2.45, 2.75) is 26.2 Å². The molecule has 0 bridgehead atoms. The van der Waals surface area contributed by atoms with Gasteiger partial charge < -0.3 is 0 Å². The molecule has 0 aliphatic rings. The first-order valence-corrected chi connectivity index (χ1v) is 4.69. The zero-order valence-corrected chi connectivity index (χ0v) is 8.64. The van der Waals surface area contributed by atoms with Crippen LogP contribution in [0.5, 0.6) is 0 Å². The first kappa shape index (κ1) is 9.06. The van der Waals surface area contributed by atoms with Crippen molar-refractivity contribution in [2.75, 3.05) is 0 Å². The van der Waals surface area contributed by atoms with E-state index in [4.69, 9.17) is 0 Å². The lowest BCUT2D eigenvalue weighted by Crippen LogP contribution is -2.10. The number of rotatable bonds is 0. The molecule has 0 aliphatic carbocycles. The Morgan fingerprint density at radius 2 is 1.86 bits per heavy atom. The molecule has 3 nitrogen and oxygen atoms in total. The van der Waals surface area contributed by atoms with Crippen LogP contribution >= 0.6 is 0 Å². The van der Waals surface area contributed by atoms with Gasteiger partial charge in [0.15, 0.2) is 0 Å². The maximum Gasteiger partial charge on any atom is 0.271 e. The van der Waals surface area contributed by atoms with Crippen LogP contribution in [0.1, 0.15) is 26.3 Å². The number of fused-ring (bicyclic) bond motifs is 1. The third kappa shape index (κ3) is 1.35. The molecule has 0 unspecified atom stereocenters. The zero-order chi connectivity index (χ0) is 10.3. The largest absolute Gasteiger partial charge is 0.298 e. The molecule has 2 rings (SSSR count). The lowest BCUT2D eigenvalue weighted by molar-refractivity contribution is 0.591. The second-order valence-electron chi connectivity index (χ2n) is 4.59. The summed E-state index contributed by atoms with van der Waals surface area (Å²) in [6.45, 7) is 6.46. The van der Waals surface area contributed by atoms with Gasteiger partial charge in [0.2, 0.25) is 0 Å². The normalized spacial score (nSPS) is 12.2. The zero-order valence-electron chi connectivity index (χ0n) is 8.64. The Labute approximate surface area is 82.1 Å². The van der Waals surface area contributed by atoms with Gasteiger partial charge in [0.1, 0.15) is 0 Å². The summed E-state index contributed by atoms with van der Waals surface area (Å²) >= 11 is 0. The van der Waals surface area contributed by atoms with Gasteiger partial charge >= 0.3 is 0 Å². The van der Waals surface area contributed by atoms with Crippen molar-refractivity contribution in [2.24, 2.45) is 0 Å². The standard InChI is InChI=1S/C11H14N2O/c1-11(2,3)7-4-5-8-9(6-7)12-13-10(8)14/h4-6H,1-3H3,(H2,12,13,14). The van der Waals surface area contributed by atoms with Crippen molar-refractivity contribution in [3.63, 3.8) is 0 Å². The number of hydrogen-bond acceptors (Lipinski definition) is 1. The maximum atomic E-state index is 11.3. The molecule has 1 aromatic heterocycles. The van der Waals surface area contributed by atoms with Crippen LogP contribution in [0.2, 0.25) is 0 Å². The molecule has 0 amide bonds. The van der Waals surface area contributed by atoms with Crippen LogP contribution in [-0.4, -0.2) is 10.2 Å². The number of hydrogen-bond donors (Lipinski definition) is 2. The van der Waals surface area contributed by atoms with Crippen molar-refractivity contribution in [3.8, 4) is 0 Å². The highest BCUT2D eigenvalue weighted by Crippen LogP contribution is 2.23. The second-order valence-corrected chi connectivity index (χ2v) is 4.59. The number of H-pyrrole nitrogens is 2. The number of nitrogens with one attached hydrogen (secondary N) is 2. The minimum Gasteiger partial charge on any atom is -0.298 e. The highest BCUT2D eigenvalue weighted by Gasteiger charge is 2.14. The number of benzene rings is 1. The number of aromatic nitrogens is 2. The van der Waals surface area contributed by atoms with Crippen molar-refractivity contribution in [3.05, 3.63) is 34.1 Å². The van der Waals surface area contributed by atoms with Crippen LogP contribution in [0, 0.1) is 0 Å². The Balaban J connectivity index is 2.69. The Kier molecular flexibility index (Phi) is 1.77. The molecule has 1 heterocycles. The lowest BCUT2D eigenvalue weighted by Gasteiger charge is -2.18. The summed E-state index contributed by atoms with van der Waals surface area (Å²) in [4.78, 5) is 11.3. The molecule has 3 heteroatoms. The van der Waals surface area contributed by atoms with Gasteiger partial charge in [0, 0.05) is 0 Å². The molecule has 0 radical (unpaired) electrons. The van der Waals surface area contributed by atoms with E-state index < -0.39 is 0 Å². The summed E-state index contributed by atoms with van der Waals surface area (Å²) in [6.07, 6.45) is 0. The quantitative estimate of drug-likeness (QED) is 0.657. The van der Waals surface area contributed by atoms with E-state index in [0.29, 0.717) is 0 Å². The fourth-order valence-corrected chi connectivity index (χ4v) is 1.50. The fraction of sp³-hybridized carbons (Fsp3) is 0.364. The Hall–Kier alpha value is -1.51. The van der Waals surface area contributed by atoms with Crippen molar-refractivity contribution < 1.29 is 0 Å². The first-order valence-electron chi connectivity index (χ1n) is 4.69. The smallest absolute Gasteiger partial charge is 0.271 e. The number of aromatic amines is 2. The van der Waals surface area contributed by atoms with E-state index in [0.717, 1.165) is 10.9 Å². The molecule has 1 aromatic carbocycles. The lowest BCUT2D eigenvalue weighted by atomic mass is 9.87. The van der Waals surface area contributed by atoms with Crippen LogP contribution in [0.3, 0.4) is 0 Å². The Morgan fingerprint density at radius 3 is 2.50 bits per heavy atom. The van der Waals surface area contributed by atoms with Crippen molar-refractivity contribution >= 4 is 10.9 Å². The minimum atomic E-state index is -0.0551. The van der Waals surface area contributed by atoms with Gasteiger partial charge in [-0.2, -0.15) is 0 Å². The van der Waals surface area contributed by atoms with Crippen LogP contribution in [-0.2, 0) is 5.41 Å². The Morgan fingerprint density at radius 1 is 1.14 bits per heavy atom. The molecule has 0 aliphatic heterocycles. The molecule has 0 atom stereocenters. The maximum absolute atomic E-state index is 11.3. The van der Waals surface area contributed by atoms with Gasteiger partial charge in [0.25, 0.3) is 5.56 Å². The Bertz CT molecular complexity index is 514. The van der Waals surface area contributed by atoms with Gasteiger partial charge in [-0.05, 0) is 23.1 Å². The van der Waals surface area contributed by atoms with Gasteiger partial charge in [-0.3, -0.25) is 15.0 Å². The molecule has 0 saturated heterocycles. The molecule has 2 aromatic rings. The van der Waals surface area contributed by atoms with Crippen molar-refractivity contribution in [1.29, 1.82) is 0 Å². The van der Waals surface area contributed by atoms with Gasteiger partial charge in [-0.15, -0.1) is 0 Å². The summed E-state index contributed by atoms with van der Waals surface area (Å²) in [5, 5.41) is 6.16. The molecule has 0 saturated carbocycles. The molecule has 14 heavy (non-hydrogen) atoms. The van der Waals surface area contributed by atoms with E-state index in [1.54, 1.807) is 0 Å². The molecule has 0 spiro atoms. The van der Waals surface area contributed by atoms with E-state index >= 15 is 0 Å². The van der Waals surface area contributed by atoms with Gasteiger partial charge in [-0.25, -0.2) is 0 Å². The van der Waals surface area contributed by atoms with Crippen LogP contribution < -0.4 is 5.56 Å². The highest BCUT2D eigenvalue weighted by molar-refractivity contribution is 5.78. The second kappa shape index (κ2) is 2.74. The average molecular weight is 190 g/mol. The van der Waals surface area contributed by atoms with E-state index in [-0.39, 0.29) is 11.0 Å². The predicted molar refractivity (Wildman–Crippen MR) is 57.6 cm³/mol. The summed E-state index contributed by atoms with van der Waals surface area (Å²) in [5.74, 6) is 0. The van der Waals surface area contributed by atoms with E-state index in [2.05, 4.69) is 31.0 Å². The summed E-state index contributed by atoms with van der Waals surface area (Å²) in [5.41, 5.74) is 2.16. The third-order valence-corrected chi connectivity index (χ3v) is 2.44.